The molecule has 0 heterocycles. The van der Waals surface area contributed by atoms with Crippen LogP contribution in [0.2, 0.25) is 0 Å². The maximum atomic E-state index is 12.7. The Bertz CT molecular complexity index is 761. The Morgan fingerprint density at radius 1 is 1.07 bits per heavy atom. The zero-order valence-corrected chi connectivity index (χ0v) is 19.3. The van der Waals surface area contributed by atoms with Crippen LogP contribution < -0.4 is 15.5 Å². The average Bonchev–Trinajstić information content (AvgIpc) is 2.66. The highest BCUT2D eigenvalue weighted by Crippen LogP contribution is 2.61. The van der Waals surface area contributed by atoms with Crippen LogP contribution in [0.5, 0.6) is 0 Å². The highest BCUT2D eigenvalue weighted by atomic mass is 32.2. The van der Waals surface area contributed by atoms with E-state index >= 15 is 0 Å². The lowest BCUT2D eigenvalue weighted by atomic mass is 9.48. The zero-order valence-electron chi connectivity index (χ0n) is 18.5. The van der Waals surface area contributed by atoms with Gasteiger partial charge in [-0.25, -0.2) is 0 Å². The summed E-state index contributed by atoms with van der Waals surface area (Å²) in [5.41, 5.74) is 1.15. The number of benzene rings is 1. The van der Waals surface area contributed by atoms with Gasteiger partial charge in [-0.2, -0.15) is 0 Å². The van der Waals surface area contributed by atoms with Crippen LogP contribution in [0.4, 0.5) is 5.69 Å². The Balaban J connectivity index is 1.26. The number of carbonyl (C=O) groups excluding carboxylic acids is 2. The van der Waals surface area contributed by atoms with E-state index < -0.39 is 0 Å². The number of anilines is 1. The largest absolute Gasteiger partial charge is 0.348 e. The fourth-order valence-corrected chi connectivity index (χ4v) is 7.26. The molecule has 2 amide bonds. The standard InChI is InChI=1S/C24H35N3O2S/c1-16(24-11-17-8-18(12-24)10-19(9-17)13-24)25-22(28)14-27(2)15-23(29)26-20-6-4-5-7-21(20)30-3/h4-7,16-19H,8-15H2,1-3H3,(H,25,28)(H,26,29)/p+1/t16-,17?,18?,19?,24?/m1/s1. The van der Waals surface area contributed by atoms with Gasteiger partial charge in [-0.15, -0.1) is 11.8 Å². The quantitative estimate of drug-likeness (QED) is 0.556. The van der Waals surface area contributed by atoms with Gasteiger partial charge in [0, 0.05) is 10.9 Å². The van der Waals surface area contributed by atoms with Crippen molar-refractivity contribution in [3.8, 4) is 0 Å². The van der Waals surface area contributed by atoms with Crippen molar-refractivity contribution in [1.29, 1.82) is 0 Å². The van der Waals surface area contributed by atoms with Crippen molar-refractivity contribution in [2.24, 2.45) is 23.2 Å². The maximum Gasteiger partial charge on any atom is 0.279 e. The summed E-state index contributed by atoms with van der Waals surface area (Å²) in [6, 6.07) is 8.03. The number of hydrogen-bond acceptors (Lipinski definition) is 3. The molecule has 1 aromatic rings. The molecule has 4 aliphatic rings. The van der Waals surface area contributed by atoms with E-state index in [-0.39, 0.29) is 24.4 Å². The highest BCUT2D eigenvalue weighted by Gasteiger charge is 2.53. The fraction of sp³-hybridized carbons (Fsp3) is 0.667. The molecule has 5 rings (SSSR count). The lowest BCUT2D eigenvalue weighted by molar-refractivity contribution is -0.862. The smallest absolute Gasteiger partial charge is 0.279 e. The summed E-state index contributed by atoms with van der Waals surface area (Å²) < 4.78 is 0. The summed E-state index contributed by atoms with van der Waals surface area (Å²) in [6.45, 7) is 2.82. The van der Waals surface area contributed by atoms with Crippen LogP contribution >= 0.6 is 11.8 Å². The van der Waals surface area contributed by atoms with Crippen LogP contribution in [-0.4, -0.2) is 44.2 Å². The molecule has 164 valence electrons. The fourth-order valence-electron chi connectivity index (χ4n) is 6.71. The second kappa shape index (κ2) is 8.91. The second-order valence-electron chi connectivity index (χ2n) is 10.1. The summed E-state index contributed by atoms with van der Waals surface area (Å²) in [5, 5.41) is 6.30. The molecule has 1 aromatic carbocycles. The van der Waals surface area contributed by atoms with Crippen molar-refractivity contribution < 1.29 is 14.5 Å². The van der Waals surface area contributed by atoms with Crippen molar-refractivity contribution in [2.45, 2.75) is 56.4 Å². The predicted molar refractivity (Wildman–Crippen MR) is 122 cm³/mol. The number of nitrogens with one attached hydrogen (secondary N) is 3. The number of para-hydroxylation sites is 1. The summed E-state index contributed by atoms with van der Waals surface area (Å²) >= 11 is 1.61. The molecule has 4 fully saturated rings. The molecule has 0 radical (unpaired) electrons. The Morgan fingerprint density at radius 3 is 2.23 bits per heavy atom. The molecule has 30 heavy (non-hydrogen) atoms. The van der Waals surface area contributed by atoms with Crippen LogP contribution in [0.25, 0.3) is 0 Å². The molecule has 0 spiro atoms. The van der Waals surface area contributed by atoms with Gasteiger partial charge in [0.2, 0.25) is 0 Å². The minimum atomic E-state index is -0.0593. The van der Waals surface area contributed by atoms with Gasteiger partial charge in [-0.1, -0.05) is 12.1 Å². The molecular weight excluding hydrogens is 394 g/mol. The highest BCUT2D eigenvalue weighted by molar-refractivity contribution is 7.98. The third kappa shape index (κ3) is 4.70. The Morgan fingerprint density at radius 2 is 1.63 bits per heavy atom. The molecule has 1 unspecified atom stereocenters. The summed E-state index contributed by atoms with van der Waals surface area (Å²) in [6.07, 6.45) is 10.1. The Kier molecular flexibility index (Phi) is 6.44. The zero-order chi connectivity index (χ0) is 21.3. The normalized spacial score (nSPS) is 31.2. The minimum absolute atomic E-state index is 0.0593. The number of carbonyl (C=O) groups is 2. The van der Waals surface area contributed by atoms with E-state index in [1.165, 1.54) is 38.5 Å². The van der Waals surface area contributed by atoms with Crippen LogP contribution in [0, 0.1) is 23.2 Å². The predicted octanol–water partition coefficient (Wildman–Crippen LogP) is 2.58. The Hall–Kier alpha value is -1.53. The molecule has 2 atom stereocenters. The average molecular weight is 431 g/mol. The van der Waals surface area contributed by atoms with Gasteiger partial charge in [-0.3, -0.25) is 9.59 Å². The molecule has 4 bridgehead atoms. The molecule has 5 nitrogen and oxygen atoms in total. The van der Waals surface area contributed by atoms with E-state index in [0.717, 1.165) is 33.2 Å². The number of rotatable bonds is 8. The maximum absolute atomic E-state index is 12.7. The lowest BCUT2D eigenvalue weighted by Crippen LogP contribution is -3.11. The topological polar surface area (TPSA) is 62.6 Å². The van der Waals surface area contributed by atoms with Crippen molar-refractivity contribution in [1.82, 2.24) is 5.32 Å². The van der Waals surface area contributed by atoms with Gasteiger partial charge < -0.3 is 15.5 Å². The third-order valence-electron chi connectivity index (χ3n) is 7.69. The first-order chi connectivity index (χ1) is 14.4. The summed E-state index contributed by atoms with van der Waals surface area (Å²) in [7, 11) is 1.91. The number of likely N-dealkylation sites (N-methyl/N-ethyl adjacent to an activating group) is 1. The van der Waals surface area contributed by atoms with E-state index in [9.17, 15) is 9.59 Å². The van der Waals surface area contributed by atoms with E-state index in [2.05, 4.69) is 17.6 Å². The van der Waals surface area contributed by atoms with Gasteiger partial charge in [-0.05, 0) is 87.0 Å². The SMILES string of the molecule is CSc1ccccc1NC(=O)C[NH+](C)CC(=O)N[C@H](C)C12CC3CC(CC(C3)C1)C2. The summed E-state index contributed by atoms with van der Waals surface area (Å²) in [5.74, 6) is 2.66. The lowest BCUT2D eigenvalue weighted by Gasteiger charge is -2.59. The van der Waals surface area contributed by atoms with E-state index in [1.807, 2.05) is 37.6 Å². The van der Waals surface area contributed by atoms with Crippen LogP contribution in [-0.2, 0) is 9.59 Å². The molecule has 4 saturated carbocycles. The minimum Gasteiger partial charge on any atom is -0.348 e. The van der Waals surface area contributed by atoms with E-state index in [1.54, 1.807) is 11.8 Å². The van der Waals surface area contributed by atoms with Crippen LogP contribution in [0.15, 0.2) is 29.2 Å². The molecule has 0 aromatic heterocycles. The monoisotopic (exact) mass is 430 g/mol. The van der Waals surface area contributed by atoms with Gasteiger partial charge in [0.05, 0.1) is 12.7 Å². The molecule has 0 saturated heterocycles. The van der Waals surface area contributed by atoms with Crippen molar-refractivity contribution >= 4 is 29.3 Å². The van der Waals surface area contributed by atoms with Gasteiger partial charge in [0.25, 0.3) is 11.8 Å². The van der Waals surface area contributed by atoms with E-state index in [0.29, 0.717) is 12.0 Å². The molecule has 0 aliphatic heterocycles. The van der Waals surface area contributed by atoms with Gasteiger partial charge >= 0.3 is 0 Å². The second-order valence-corrected chi connectivity index (χ2v) is 11.0. The van der Waals surface area contributed by atoms with Crippen LogP contribution in [0.3, 0.4) is 0 Å². The molecular formula is C24H36N3O2S+. The first kappa shape index (κ1) is 21.7. The van der Waals surface area contributed by atoms with Gasteiger partial charge in [0.15, 0.2) is 13.1 Å². The number of hydrogen-bond donors (Lipinski definition) is 3. The first-order valence-electron chi connectivity index (χ1n) is 11.4. The Labute approximate surface area is 184 Å². The van der Waals surface area contributed by atoms with E-state index in [4.69, 9.17) is 0 Å². The van der Waals surface area contributed by atoms with Crippen molar-refractivity contribution in [3.63, 3.8) is 0 Å². The van der Waals surface area contributed by atoms with Crippen molar-refractivity contribution in [3.05, 3.63) is 24.3 Å². The first-order valence-corrected chi connectivity index (χ1v) is 12.6. The van der Waals surface area contributed by atoms with Crippen molar-refractivity contribution in [2.75, 3.05) is 31.7 Å². The number of thioether (sulfide) groups is 1. The van der Waals surface area contributed by atoms with Gasteiger partial charge in [0.1, 0.15) is 0 Å². The summed E-state index contributed by atoms with van der Waals surface area (Å²) in [4.78, 5) is 27.1. The number of quaternary nitrogens is 1. The molecule has 4 aliphatic carbocycles. The van der Waals surface area contributed by atoms with Crippen LogP contribution in [0.1, 0.15) is 45.4 Å². The molecule has 3 N–H and O–H groups in total. The third-order valence-corrected chi connectivity index (χ3v) is 8.48. The molecule has 6 heteroatoms. The number of amides is 2.